The van der Waals surface area contributed by atoms with Gasteiger partial charge in [0.05, 0.1) is 30.6 Å². The summed E-state index contributed by atoms with van der Waals surface area (Å²) in [5.74, 6) is -1.87. The topological polar surface area (TPSA) is 98.1 Å². The molecule has 140 valence electrons. The van der Waals surface area contributed by atoms with Gasteiger partial charge >= 0.3 is 5.97 Å². The molecule has 1 amide bonds. The molecule has 1 aliphatic rings. The Balaban J connectivity index is 0.00000243. The van der Waals surface area contributed by atoms with Crippen molar-refractivity contribution in [3.8, 4) is 0 Å². The fourth-order valence-corrected chi connectivity index (χ4v) is 2.68. The van der Waals surface area contributed by atoms with Gasteiger partial charge in [0, 0.05) is 0 Å². The number of hydrogen-bond donors (Lipinski definition) is 2. The number of ether oxygens (including phenoxy) is 1. The molecule has 10 heteroatoms. The summed E-state index contributed by atoms with van der Waals surface area (Å²) in [4.78, 5) is 23.8. The predicted octanol–water partition coefficient (Wildman–Crippen LogP) is 1.80. The maximum atomic E-state index is 13.9. The molecule has 0 radical (unpaired) electrons. The molecule has 2 heterocycles. The SMILES string of the molecule is COC(=O)c1ccc(F)c(NC(=O)c2cn(C3CCNCC3)nn2)c1.Cl. The summed E-state index contributed by atoms with van der Waals surface area (Å²) in [6.45, 7) is 1.77. The second-order valence-corrected chi connectivity index (χ2v) is 5.71. The molecule has 0 unspecified atom stereocenters. The number of benzene rings is 1. The Hall–Kier alpha value is -2.52. The zero-order valence-electron chi connectivity index (χ0n) is 14.1. The number of anilines is 1. The predicted molar refractivity (Wildman–Crippen MR) is 94.1 cm³/mol. The molecule has 1 saturated heterocycles. The molecule has 0 spiro atoms. The van der Waals surface area contributed by atoms with Crippen LogP contribution in [-0.2, 0) is 4.74 Å². The number of aromatic nitrogens is 3. The summed E-state index contributed by atoms with van der Waals surface area (Å²) in [6, 6.07) is 3.78. The molecule has 2 aromatic rings. The zero-order chi connectivity index (χ0) is 17.8. The normalized spacial score (nSPS) is 14.4. The van der Waals surface area contributed by atoms with Gasteiger partial charge in [-0.3, -0.25) is 4.79 Å². The van der Waals surface area contributed by atoms with Crippen LogP contribution in [0.25, 0.3) is 0 Å². The molecule has 26 heavy (non-hydrogen) atoms. The standard InChI is InChI=1S/C16H18FN5O3.ClH/c1-25-16(24)10-2-3-12(17)13(8-10)19-15(23)14-9-22(21-20-14)11-4-6-18-7-5-11;/h2-3,8-9,11,18H,4-7H2,1H3,(H,19,23);1H. The summed E-state index contributed by atoms with van der Waals surface area (Å²) >= 11 is 0. The maximum absolute atomic E-state index is 13.9. The van der Waals surface area contributed by atoms with Crippen molar-refractivity contribution in [2.45, 2.75) is 18.9 Å². The summed E-state index contributed by atoms with van der Waals surface area (Å²) in [5.41, 5.74) is 0.100. The van der Waals surface area contributed by atoms with Crippen LogP contribution >= 0.6 is 12.4 Å². The van der Waals surface area contributed by atoms with E-state index in [2.05, 4.69) is 25.7 Å². The Kier molecular flexibility index (Phi) is 6.64. The first-order chi connectivity index (χ1) is 12.1. The number of rotatable bonds is 4. The number of methoxy groups -OCH3 is 1. The van der Waals surface area contributed by atoms with Gasteiger partial charge in [-0.05, 0) is 44.1 Å². The highest BCUT2D eigenvalue weighted by Gasteiger charge is 2.20. The molecule has 0 atom stereocenters. The number of hydrogen-bond acceptors (Lipinski definition) is 6. The van der Waals surface area contributed by atoms with E-state index < -0.39 is 17.7 Å². The van der Waals surface area contributed by atoms with Gasteiger partial charge in [-0.1, -0.05) is 5.21 Å². The van der Waals surface area contributed by atoms with Crippen LogP contribution in [0.15, 0.2) is 24.4 Å². The lowest BCUT2D eigenvalue weighted by atomic mass is 10.1. The van der Waals surface area contributed by atoms with E-state index in [9.17, 15) is 14.0 Å². The number of piperidine rings is 1. The van der Waals surface area contributed by atoms with Crippen LogP contribution in [-0.4, -0.2) is 47.1 Å². The van der Waals surface area contributed by atoms with Crippen molar-refractivity contribution in [1.82, 2.24) is 20.3 Å². The summed E-state index contributed by atoms with van der Waals surface area (Å²) in [7, 11) is 1.23. The lowest BCUT2D eigenvalue weighted by Gasteiger charge is -2.22. The van der Waals surface area contributed by atoms with Crippen LogP contribution in [0.1, 0.15) is 39.7 Å². The van der Waals surface area contributed by atoms with Crippen LogP contribution in [0.3, 0.4) is 0 Å². The monoisotopic (exact) mass is 383 g/mol. The first kappa shape index (κ1) is 19.8. The van der Waals surface area contributed by atoms with Crippen LogP contribution in [0, 0.1) is 5.82 Å². The molecule has 2 N–H and O–H groups in total. The third kappa shape index (κ3) is 4.36. The van der Waals surface area contributed by atoms with E-state index >= 15 is 0 Å². The minimum atomic E-state index is -0.660. The van der Waals surface area contributed by atoms with Gasteiger partial charge in [-0.25, -0.2) is 13.9 Å². The van der Waals surface area contributed by atoms with Gasteiger partial charge in [-0.2, -0.15) is 0 Å². The van der Waals surface area contributed by atoms with Crippen molar-refractivity contribution in [2.75, 3.05) is 25.5 Å². The second kappa shape index (κ2) is 8.72. The fourth-order valence-electron chi connectivity index (χ4n) is 2.68. The maximum Gasteiger partial charge on any atom is 0.337 e. The zero-order valence-corrected chi connectivity index (χ0v) is 14.9. The smallest absolute Gasteiger partial charge is 0.337 e. The van der Waals surface area contributed by atoms with E-state index in [1.54, 1.807) is 10.9 Å². The Bertz CT molecular complexity index is 792. The Morgan fingerprint density at radius 2 is 2.08 bits per heavy atom. The molecule has 0 aliphatic carbocycles. The molecule has 1 aliphatic heterocycles. The van der Waals surface area contributed by atoms with Gasteiger partial charge < -0.3 is 15.4 Å². The number of carbonyl (C=O) groups excluding carboxylic acids is 2. The van der Waals surface area contributed by atoms with E-state index in [4.69, 9.17) is 0 Å². The second-order valence-electron chi connectivity index (χ2n) is 5.71. The van der Waals surface area contributed by atoms with Crippen molar-refractivity contribution >= 4 is 30.0 Å². The minimum absolute atomic E-state index is 0. The van der Waals surface area contributed by atoms with Gasteiger partial charge in [0.15, 0.2) is 5.69 Å². The highest BCUT2D eigenvalue weighted by Crippen LogP contribution is 2.19. The van der Waals surface area contributed by atoms with Crippen molar-refractivity contribution in [2.24, 2.45) is 0 Å². The molecule has 0 saturated carbocycles. The molecular formula is C16H19ClFN5O3. The summed E-state index contributed by atoms with van der Waals surface area (Å²) in [5, 5.41) is 13.5. The van der Waals surface area contributed by atoms with Gasteiger partial charge in [0.1, 0.15) is 5.82 Å². The number of nitrogens with one attached hydrogen (secondary N) is 2. The van der Waals surface area contributed by atoms with Gasteiger partial charge in [-0.15, -0.1) is 17.5 Å². The number of halogens is 2. The largest absolute Gasteiger partial charge is 0.465 e. The number of esters is 1. The molecule has 0 bridgehead atoms. The lowest BCUT2D eigenvalue weighted by molar-refractivity contribution is 0.0600. The van der Waals surface area contributed by atoms with Gasteiger partial charge in [0.2, 0.25) is 0 Å². The molecule has 3 rings (SSSR count). The van der Waals surface area contributed by atoms with Crippen LogP contribution < -0.4 is 10.6 Å². The third-order valence-corrected chi connectivity index (χ3v) is 4.06. The molecule has 1 aromatic heterocycles. The van der Waals surface area contributed by atoms with Gasteiger partial charge in [0.25, 0.3) is 5.91 Å². The average Bonchev–Trinajstić information content (AvgIpc) is 3.14. The highest BCUT2D eigenvalue weighted by atomic mass is 35.5. The Labute approximate surface area is 155 Å². The molecular weight excluding hydrogens is 365 g/mol. The minimum Gasteiger partial charge on any atom is -0.465 e. The van der Waals surface area contributed by atoms with E-state index in [0.29, 0.717) is 0 Å². The lowest BCUT2D eigenvalue weighted by Crippen LogP contribution is -2.29. The fraction of sp³-hybridized carbons (Fsp3) is 0.375. The van der Waals surface area contributed by atoms with Crippen molar-refractivity contribution in [3.05, 3.63) is 41.5 Å². The van der Waals surface area contributed by atoms with E-state index in [1.807, 2.05) is 0 Å². The first-order valence-electron chi connectivity index (χ1n) is 7.90. The molecule has 1 aromatic carbocycles. The average molecular weight is 384 g/mol. The first-order valence-corrected chi connectivity index (χ1v) is 7.90. The molecule has 1 fully saturated rings. The van der Waals surface area contributed by atoms with Crippen LogP contribution in [0.2, 0.25) is 0 Å². The quantitative estimate of drug-likeness (QED) is 0.781. The van der Waals surface area contributed by atoms with Crippen molar-refractivity contribution in [1.29, 1.82) is 0 Å². The summed E-state index contributed by atoms with van der Waals surface area (Å²) in [6.07, 6.45) is 3.35. The van der Waals surface area contributed by atoms with Crippen molar-refractivity contribution in [3.63, 3.8) is 0 Å². The van der Waals surface area contributed by atoms with E-state index in [1.165, 1.54) is 19.2 Å². The Morgan fingerprint density at radius 3 is 2.77 bits per heavy atom. The summed E-state index contributed by atoms with van der Waals surface area (Å²) < 4.78 is 20.1. The highest BCUT2D eigenvalue weighted by molar-refractivity contribution is 6.03. The number of nitrogens with zero attached hydrogens (tertiary/aromatic N) is 3. The van der Waals surface area contributed by atoms with E-state index in [-0.39, 0.29) is 35.4 Å². The van der Waals surface area contributed by atoms with Crippen LogP contribution in [0.4, 0.5) is 10.1 Å². The Morgan fingerprint density at radius 1 is 1.35 bits per heavy atom. The third-order valence-electron chi connectivity index (χ3n) is 4.06. The van der Waals surface area contributed by atoms with E-state index in [0.717, 1.165) is 32.0 Å². The molecule has 8 nitrogen and oxygen atoms in total. The van der Waals surface area contributed by atoms with Crippen LogP contribution in [0.5, 0.6) is 0 Å². The number of amides is 1. The number of carbonyl (C=O) groups is 2. The van der Waals surface area contributed by atoms with Crippen molar-refractivity contribution < 1.29 is 18.7 Å².